The summed E-state index contributed by atoms with van der Waals surface area (Å²) in [6.07, 6.45) is 12.7. The average molecular weight is 527 g/mol. The van der Waals surface area contributed by atoms with E-state index in [2.05, 4.69) is 44.2 Å². The molecule has 0 fully saturated rings. The number of benzene rings is 2. The van der Waals surface area contributed by atoms with Gasteiger partial charge in [-0.1, -0.05) is 34.6 Å². The van der Waals surface area contributed by atoms with E-state index < -0.39 is 0 Å². The van der Waals surface area contributed by atoms with E-state index in [1.165, 1.54) is 0 Å². The van der Waals surface area contributed by atoms with Gasteiger partial charge in [0.25, 0.3) is 0 Å². The number of hydrogen-bond donors (Lipinski definition) is 0. The zero-order valence-electron chi connectivity index (χ0n) is 22.3. The van der Waals surface area contributed by atoms with Gasteiger partial charge in [0.1, 0.15) is 24.7 Å². The minimum atomic E-state index is 0.414. The van der Waals surface area contributed by atoms with E-state index >= 15 is 0 Å². The van der Waals surface area contributed by atoms with Crippen molar-refractivity contribution in [3.8, 4) is 11.5 Å². The van der Waals surface area contributed by atoms with Gasteiger partial charge in [0.05, 0.1) is 33.1 Å². The largest absolute Gasteiger partial charge is 0.497 e. The maximum Gasteiger partial charge on any atom is 0.169 e. The van der Waals surface area contributed by atoms with E-state index in [0.717, 1.165) is 53.3 Å². The Morgan fingerprint density at radius 2 is 0.949 bits per heavy atom. The molecule has 0 radical (unpaired) electrons. The molecule has 2 aromatic heterocycles. The Bertz CT molecular complexity index is 1220. The summed E-state index contributed by atoms with van der Waals surface area (Å²) in [6, 6.07) is 23.6. The third-order valence-electron chi connectivity index (χ3n) is 6.00. The summed E-state index contributed by atoms with van der Waals surface area (Å²) in [7, 11) is 3.30. The normalized spacial score (nSPS) is 11.1. The molecule has 2 heterocycles. The fourth-order valence-corrected chi connectivity index (χ4v) is 3.71. The van der Waals surface area contributed by atoms with Crippen LogP contribution in [0.5, 0.6) is 11.5 Å². The van der Waals surface area contributed by atoms with Crippen LogP contribution in [0.25, 0.3) is 0 Å². The molecule has 8 nitrogen and oxygen atoms in total. The molecule has 0 unspecified atom stereocenters. The highest BCUT2D eigenvalue weighted by molar-refractivity contribution is 5.78. The second kappa shape index (κ2) is 14.9. The van der Waals surface area contributed by atoms with E-state index in [4.69, 9.17) is 19.1 Å². The van der Waals surface area contributed by atoms with Crippen LogP contribution in [-0.2, 0) is 36.0 Å². The van der Waals surface area contributed by atoms with E-state index in [-0.39, 0.29) is 0 Å². The number of oxime groups is 2. The molecule has 4 rings (SSSR count). The fourth-order valence-electron chi connectivity index (χ4n) is 3.71. The van der Waals surface area contributed by atoms with Crippen molar-refractivity contribution in [2.75, 3.05) is 14.2 Å². The molecule has 0 aliphatic rings. The first kappa shape index (κ1) is 27.3. The van der Waals surface area contributed by atoms with Gasteiger partial charge in [-0.2, -0.15) is 0 Å². The smallest absolute Gasteiger partial charge is 0.169 e. The zero-order chi connectivity index (χ0) is 27.1. The van der Waals surface area contributed by atoms with Crippen LogP contribution in [0.15, 0.2) is 108 Å². The molecule has 0 aliphatic carbocycles. The van der Waals surface area contributed by atoms with E-state index in [9.17, 15) is 0 Å². The van der Waals surface area contributed by atoms with E-state index in [1.807, 2.05) is 72.8 Å². The molecule has 0 N–H and O–H groups in total. The maximum absolute atomic E-state index is 5.40. The number of nitrogens with zero attached hydrogens (tertiary/aromatic N) is 4. The molecule has 0 atom stereocenters. The fraction of sp³-hybridized carbons (Fsp3) is 0.226. The van der Waals surface area contributed by atoms with Crippen molar-refractivity contribution >= 4 is 12.4 Å². The maximum atomic E-state index is 5.40. The molecule has 39 heavy (non-hydrogen) atoms. The molecule has 0 aliphatic heterocycles. The molecule has 0 saturated carbocycles. The third kappa shape index (κ3) is 9.27. The summed E-state index contributed by atoms with van der Waals surface area (Å²) in [5, 5.41) is 8.14. The van der Waals surface area contributed by atoms with Gasteiger partial charge in [0, 0.05) is 35.4 Å². The number of rotatable bonds is 14. The van der Waals surface area contributed by atoms with Crippen molar-refractivity contribution < 1.29 is 28.3 Å². The van der Waals surface area contributed by atoms with Crippen LogP contribution in [0.4, 0.5) is 0 Å². The molecule has 8 heteroatoms. The number of aromatic nitrogens is 2. The van der Waals surface area contributed by atoms with Gasteiger partial charge in [-0.15, -0.1) is 0 Å². The summed E-state index contributed by atoms with van der Waals surface area (Å²) in [5.74, 6) is 1.65. The quantitative estimate of drug-likeness (QED) is 0.138. The van der Waals surface area contributed by atoms with Crippen molar-refractivity contribution in [3.05, 3.63) is 120 Å². The van der Waals surface area contributed by atoms with Crippen molar-refractivity contribution in [2.24, 2.45) is 10.3 Å². The second-order valence-corrected chi connectivity index (χ2v) is 8.80. The Balaban J connectivity index is 1.13. The Labute approximate surface area is 229 Å². The Hall–Kier alpha value is -4.72. The van der Waals surface area contributed by atoms with Crippen LogP contribution >= 0.6 is 0 Å². The van der Waals surface area contributed by atoms with Gasteiger partial charge >= 0.3 is 0 Å². The molecular formula is C31H34N4O4+2. The number of methoxy groups -OCH3 is 2. The minimum Gasteiger partial charge on any atom is -0.497 e. The third-order valence-corrected chi connectivity index (χ3v) is 6.00. The topological polar surface area (TPSA) is 69.4 Å². The highest BCUT2D eigenvalue weighted by atomic mass is 16.6. The van der Waals surface area contributed by atoms with Crippen LogP contribution in [0.1, 0.15) is 28.7 Å². The monoisotopic (exact) mass is 526 g/mol. The van der Waals surface area contributed by atoms with Gasteiger partial charge in [0.15, 0.2) is 37.9 Å². The molecule has 4 aromatic rings. The molecule has 0 saturated heterocycles. The number of hydrogen-bond acceptors (Lipinski definition) is 6. The number of aryl methyl sites for hydroxylation is 2. The van der Waals surface area contributed by atoms with Crippen LogP contribution in [-0.4, -0.2) is 26.6 Å². The van der Waals surface area contributed by atoms with Crippen molar-refractivity contribution in [3.63, 3.8) is 0 Å². The van der Waals surface area contributed by atoms with Crippen LogP contribution in [0, 0.1) is 0 Å². The first-order valence-corrected chi connectivity index (χ1v) is 12.8. The molecule has 0 spiro atoms. The van der Waals surface area contributed by atoms with Crippen LogP contribution in [0.2, 0.25) is 0 Å². The highest BCUT2D eigenvalue weighted by Crippen LogP contribution is 2.13. The Morgan fingerprint density at radius 3 is 1.31 bits per heavy atom. The SMILES string of the molecule is COc1ccc(CO/N=C/c2cc[n+](CCC[n+]3ccc(/C=N/OCc4ccc(OC)cc4)cc3)cc2)cc1. The lowest BCUT2D eigenvalue weighted by atomic mass is 10.2. The summed E-state index contributed by atoms with van der Waals surface area (Å²) in [4.78, 5) is 10.8. The first-order chi connectivity index (χ1) is 19.2. The van der Waals surface area contributed by atoms with Gasteiger partial charge < -0.3 is 19.1 Å². The van der Waals surface area contributed by atoms with Crippen LogP contribution in [0.3, 0.4) is 0 Å². The summed E-state index contributed by atoms with van der Waals surface area (Å²) < 4.78 is 14.6. The van der Waals surface area contributed by atoms with Crippen molar-refractivity contribution in [2.45, 2.75) is 32.7 Å². The first-order valence-electron chi connectivity index (χ1n) is 12.8. The van der Waals surface area contributed by atoms with Gasteiger partial charge in [-0.3, -0.25) is 0 Å². The molecule has 0 bridgehead atoms. The van der Waals surface area contributed by atoms with Gasteiger partial charge in [-0.05, 0) is 35.4 Å². The van der Waals surface area contributed by atoms with Crippen LogP contribution < -0.4 is 18.6 Å². The number of pyridine rings is 2. The Morgan fingerprint density at radius 1 is 0.564 bits per heavy atom. The number of ether oxygens (including phenoxy) is 2. The standard InChI is InChI=1S/C31H34N4O4/c1-36-30-8-4-28(5-9-30)24-38-32-22-26-12-18-34(19-13-26)16-3-17-35-20-14-27(15-21-35)23-33-39-25-29-6-10-31(37-2)11-7-29/h4-15,18-23H,3,16-17,24-25H2,1-2H3/q+2/b32-22+,33-23+. The highest BCUT2D eigenvalue weighted by Gasteiger charge is 2.05. The van der Waals surface area contributed by atoms with E-state index in [0.29, 0.717) is 13.2 Å². The molecule has 2 aromatic carbocycles. The van der Waals surface area contributed by atoms with E-state index in [1.54, 1.807) is 26.6 Å². The zero-order valence-corrected chi connectivity index (χ0v) is 22.3. The predicted octanol–water partition coefficient (Wildman–Crippen LogP) is 4.47. The minimum absolute atomic E-state index is 0.414. The van der Waals surface area contributed by atoms with Crippen molar-refractivity contribution in [1.29, 1.82) is 0 Å². The lowest BCUT2D eigenvalue weighted by Crippen LogP contribution is -2.38. The van der Waals surface area contributed by atoms with Crippen molar-refractivity contribution in [1.82, 2.24) is 0 Å². The predicted molar refractivity (Wildman–Crippen MR) is 149 cm³/mol. The Kier molecular flexibility index (Phi) is 10.4. The molecular weight excluding hydrogens is 492 g/mol. The lowest BCUT2D eigenvalue weighted by Gasteiger charge is -2.02. The summed E-state index contributed by atoms with van der Waals surface area (Å²) in [5.41, 5.74) is 4.05. The summed E-state index contributed by atoms with van der Waals surface area (Å²) >= 11 is 0. The molecule has 200 valence electrons. The van der Waals surface area contributed by atoms with Gasteiger partial charge in [0.2, 0.25) is 0 Å². The molecule has 0 amide bonds. The lowest BCUT2D eigenvalue weighted by molar-refractivity contribution is -0.726. The van der Waals surface area contributed by atoms with Gasteiger partial charge in [-0.25, -0.2) is 9.13 Å². The summed E-state index contributed by atoms with van der Waals surface area (Å²) in [6.45, 7) is 2.66. The average Bonchev–Trinajstić information content (AvgIpc) is 2.99. The second-order valence-electron chi connectivity index (χ2n) is 8.80.